The molecule has 1 N–H and O–H groups in total. The van der Waals surface area contributed by atoms with Gasteiger partial charge >= 0.3 is 0 Å². The molecule has 2 aliphatic rings. The lowest BCUT2D eigenvalue weighted by atomic mass is 9.54. The topological polar surface area (TPSA) is 95.2 Å². The molecule has 0 bridgehead atoms. The number of rotatable bonds is 1. The number of nitrogens with zero attached hydrogens (tertiary/aromatic N) is 3. The highest BCUT2D eigenvalue weighted by molar-refractivity contribution is 7.10. The minimum absolute atomic E-state index is 0.00505. The summed E-state index contributed by atoms with van der Waals surface area (Å²) in [6.07, 6.45) is 4.82. The van der Waals surface area contributed by atoms with Crippen LogP contribution in [0.2, 0.25) is 0 Å². The van der Waals surface area contributed by atoms with E-state index >= 15 is 0 Å². The van der Waals surface area contributed by atoms with Gasteiger partial charge in [-0.1, -0.05) is 12.1 Å². The Bertz CT molecular complexity index is 740. The fourth-order valence-electron chi connectivity index (χ4n) is 3.78. The molecule has 1 aromatic heterocycles. The molecule has 4 nitrogen and oxygen atoms in total. The van der Waals surface area contributed by atoms with Gasteiger partial charge in [-0.3, -0.25) is 0 Å². The Morgan fingerprint density at radius 1 is 1.27 bits per heavy atom. The van der Waals surface area contributed by atoms with Crippen LogP contribution in [0.25, 0.3) is 0 Å². The number of fused-ring (bicyclic) bond motifs is 1. The van der Waals surface area contributed by atoms with E-state index in [-0.39, 0.29) is 17.5 Å². The number of nitriles is 3. The average Bonchev–Trinajstić information content (AvgIpc) is 3.08. The highest BCUT2D eigenvalue weighted by Crippen LogP contribution is 2.55. The van der Waals surface area contributed by atoms with E-state index in [4.69, 9.17) is 5.41 Å². The Hall–Kier alpha value is -2.42. The number of nitrogens with one attached hydrogen (secondary N) is 1. The van der Waals surface area contributed by atoms with Gasteiger partial charge in [-0.05, 0) is 42.2 Å². The molecule has 1 aromatic rings. The molecular weight excluding hydrogens is 292 g/mol. The van der Waals surface area contributed by atoms with Gasteiger partial charge in [0.05, 0.1) is 23.9 Å². The van der Waals surface area contributed by atoms with Crippen molar-refractivity contribution in [2.75, 3.05) is 0 Å². The number of hydrogen-bond acceptors (Lipinski definition) is 5. The van der Waals surface area contributed by atoms with Crippen molar-refractivity contribution in [1.82, 2.24) is 0 Å². The van der Waals surface area contributed by atoms with Crippen LogP contribution in [0.5, 0.6) is 0 Å². The second-order valence-corrected chi connectivity index (χ2v) is 6.72. The number of allylic oxidation sites excluding steroid dienone is 2. The van der Waals surface area contributed by atoms with Gasteiger partial charge in [0.25, 0.3) is 0 Å². The van der Waals surface area contributed by atoms with Crippen LogP contribution in [0.15, 0.2) is 29.2 Å². The maximum atomic E-state index is 9.75. The van der Waals surface area contributed by atoms with Gasteiger partial charge in [0, 0.05) is 10.8 Å². The molecule has 1 heterocycles. The van der Waals surface area contributed by atoms with E-state index < -0.39 is 11.3 Å². The summed E-state index contributed by atoms with van der Waals surface area (Å²) in [4.78, 5) is 0.960. The molecule has 2 aliphatic carbocycles. The third-order valence-corrected chi connectivity index (χ3v) is 5.73. The van der Waals surface area contributed by atoms with Gasteiger partial charge in [0.2, 0.25) is 0 Å². The first-order valence-electron chi connectivity index (χ1n) is 7.24. The van der Waals surface area contributed by atoms with Crippen LogP contribution in [-0.4, -0.2) is 5.71 Å². The second-order valence-electron chi connectivity index (χ2n) is 5.74. The van der Waals surface area contributed by atoms with Crippen LogP contribution in [0.3, 0.4) is 0 Å². The summed E-state index contributed by atoms with van der Waals surface area (Å²) >= 11 is 1.52. The molecule has 108 valence electrons. The molecular formula is C17H14N4S. The highest BCUT2D eigenvalue weighted by atomic mass is 32.1. The summed E-state index contributed by atoms with van der Waals surface area (Å²) in [5, 5.41) is 39.3. The molecule has 1 fully saturated rings. The van der Waals surface area contributed by atoms with E-state index in [1.54, 1.807) is 0 Å². The van der Waals surface area contributed by atoms with Crippen LogP contribution in [0.1, 0.15) is 30.1 Å². The fourth-order valence-corrected chi connectivity index (χ4v) is 4.74. The maximum Gasteiger partial charge on any atom is 0.190 e. The Labute approximate surface area is 133 Å². The van der Waals surface area contributed by atoms with Gasteiger partial charge < -0.3 is 5.41 Å². The first-order chi connectivity index (χ1) is 10.7. The van der Waals surface area contributed by atoms with E-state index in [0.29, 0.717) is 0 Å². The lowest BCUT2D eigenvalue weighted by Gasteiger charge is -2.45. The normalized spacial score (nSPS) is 29.4. The smallest absolute Gasteiger partial charge is 0.190 e. The third kappa shape index (κ3) is 1.82. The zero-order valence-electron chi connectivity index (χ0n) is 11.9. The second kappa shape index (κ2) is 5.41. The minimum Gasteiger partial charge on any atom is -0.305 e. The van der Waals surface area contributed by atoms with E-state index in [0.717, 1.165) is 29.7 Å². The summed E-state index contributed by atoms with van der Waals surface area (Å²) in [5.74, 6) is -1.07. The Morgan fingerprint density at radius 3 is 2.64 bits per heavy atom. The quantitative estimate of drug-likeness (QED) is 0.800. The zero-order valence-corrected chi connectivity index (χ0v) is 12.7. The maximum absolute atomic E-state index is 9.75. The zero-order chi connectivity index (χ0) is 15.7. The molecule has 0 saturated heterocycles. The molecule has 3 atom stereocenters. The summed E-state index contributed by atoms with van der Waals surface area (Å²) < 4.78 is 0. The summed E-state index contributed by atoms with van der Waals surface area (Å²) in [6, 6.07) is 10.2. The highest BCUT2D eigenvalue weighted by Gasteiger charge is 2.57. The first kappa shape index (κ1) is 14.5. The van der Waals surface area contributed by atoms with Crippen LogP contribution < -0.4 is 0 Å². The first-order valence-corrected chi connectivity index (χ1v) is 8.12. The van der Waals surface area contributed by atoms with Gasteiger partial charge in [-0.25, -0.2) is 0 Å². The summed E-state index contributed by atoms with van der Waals surface area (Å²) in [6.45, 7) is 0. The van der Waals surface area contributed by atoms with Crippen LogP contribution in [0, 0.1) is 56.7 Å². The lowest BCUT2D eigenvalue weighted by Crippen LogP contribution is -2.48. The summed E-state index contributed by atoms with van der Waals surface area (Å²) in [5.41, 5.74) is -0.647. The molecule has 5 heteroatoms. The van der Waals surface area contributed by atoms with Gasteiger partial charge in [0.1, 0.15) is 5.92 Å². The molecule has 3 rings (SSSR count). The lowest BCUT2D eigenvalue weighted by molar-refractivity contribution is 0.324. The SMILES string of the molecule is N#C[C@H]1C(=N)C(C#N)(C#N)[C@H](c2cccs2)[C@@H]2CCCC=C12. The van der Waals surface area contributed by atoms with Crippen LogP contribution in [0.4, 0.5) is 0 Å². The van der Waals surface area contributed by atoms with Crippen molar-refractivity contribution < 1.29 is 0 Å². The van der Waals surface area contributed by atoms with Crippen LogP contribution in [-0.2, 0) is 0 Å². The molecule has 0 spiro atoms. The van der Waals surface area contributed by atoms with Crippen molar-refractivity contribution in [3.05, 3.63) is 34.0 Å². The Morgan fingerprint density at radius 2 is 2.05 bits per heavy atom. The van der Waals surface area contributed by atoms with Crippen molar-refractivity contribution in [3.8, 4) is 18.2 Å². The average molecular weight is 306 g/mol. The van der Waals surface area contributed by atoms with Crippen molar-refractivity contribution in [3.63, 3.8) is 0 Å². The molecule has 0 amide bonds. The predicted octanol–water partition coefficient (Wildman–Crippen LogP) is 3.76. The summed E-state index contributed by atoms with van der Waals surface area (Å²) in [7, 11) is 0. The third-order valence-electron chi connectivity index (χ3n) is 4.77. The van der Waals surface area contributed by atoms with Gasteiger partial charge in [-0.2, -0.15) is 15.8 Å². The Kier molecular flexibility index (Phi) is 3.57. The predicted molar refractivity (Wildman–Crippen MR) is 83.0 cm³/mol. The number of thiophene rings is 1. The van der Waals surface area contributed by atoms with Crippen molar-refractivity contribution in [2.24, 2.45) is 17.3 Å². The minimum atomic E-state index is -1.54. The van der Waals surface area contributed by atoms with Crippen molar-refractivity contribution in [1.29, 1.82) is 21.2 Å². The van der Waals surface area contributed by atoms with E-state index in [1.165, 1.54) is 11.3 Å². The van der Waals surface area contributed by atoms with Gasteiger partial charge in [0.15, 0.2) is 5.41 Å². The van der Waals surface area contributed by atoms with Crippen molar-refractivity contribution in [2.45, 2.75) is 25.2 Å². The van der Waals surface area contributed by atoms with Crippen LogP contribution >= 0.6 is 11.3 Å². The van der Waals surface area contributed by atoms with E-state index in [2.05, 4.69) is 24.3 Å². The molecule has 1 saturated carbocycles. The Balaban J connectivity index is 2.25. The van der Waals surface area contributed by atoms with Gasteiger partial charge in [-0.15, -0.1) is 11.3 Å². The van der Waals surface area contributed by atoms with E-state index in [1.807, 2.05) is 17.5 Å². The number of hydrogen-bond donors (Lipinski definition) is 1. The monoisotopic (exact) mass is 306 g/mol. The molecule has 0 radical (unpaired) electrons. The molecule has 22 heavy (non-hydrogen) atoms. The molecule has 0 unspecified atom stereocenters. The fraction of sp³-hybridized carbons (Fsp3) is 0.412. The largest absolute Gasteiger partial charge is 0.305 e. The standard InChI is InChI=1S/C17H14N4S/c18-8-13-11-4-1-2-5-12(11)15(14-6-3-7-22-14)17(9-19,10-20)16(13)21/h3-4,6-7,12-13,15,21H,1-2,5H2/t12-,13-,15+/m1/s1. The molecule has 0 aliphatic heterocycles. The van der Waals surface area contributed by atoms with Crippen molar-refractivity contribution >= 4 is 17.0 Å². The molecule has 0 aromatic carbocycles. The van der Waals surface area contributed by atoms with E-state index in [9.17, 15) is 15.8 Å².